The summed E-state index contributed by atoms with van der Waals surface area (Å²) in [4.78, 5) is 37.6. The van der Waals surface area contributed by atoms with Crippen LogP contribution in [0.3, 0.4) is 0 Å². The molecule has 4 N–H and O–H groups in total. The van der Waals surface area contributed by atoms with E-state index in [1.807, 2.05) is 27.7 Å². The Morgan fingerprint density at radius 3 is 2.39 bits per heavy atom. The minimum absolute atomic E-state index is 0.0106. The van der Waals surface area contributed by atoms with Crippen LogP contribution < -0.4 is 11.1 Å². The fourth-order valence-corrected chi connectivity index (χ4v) is 2.74. The van der Waals surface area contributed by atoms with E-state index < -0.39 is 24.1 Å². The van der Waals surface area contributed by atoms with Crippen LogP contribution in [0.4, 0.5) is 0 Å². The molecule has 7 heteroatoms. The van der Waals surface area contributed by atoms with Gasteiger partial charge in [-0.25, -0.2) is 4.79 Å². The van der Waals surface area contributed by atoms with Crippen molar-refractivity contribution in [3.8, 4) is 0 Å². The Morgan fingerprint density at radius 1 is 1.30 bits per heavy atom. The molecule has 132 valence electrons. The second-order valence-corrected chi connectivity index (χ2v) is 6.67. The third kappa shape index (κ3) is 4.67. The summed E-state index contributed by atoms with van der Waals surface area (Å²) in [7, 11) is 0. The molecule has 0 bridgehead atoms. The maximum Gasteiger partial charge on any atom is 0.326 e. The predicted molar refractivity (Wildman–Crippen MR) is 86.6 cm³/mol. The van der Waals surface area contributed by atoms with Gasteiger partial charge >= 0.3 is 5.97 Å². The summed E-state index contributed by atoms with van der Waals surface area (Å²) in [5, 5.41) is 11.9. The molecule has 23 heavy (non-hydrogen) atoms. The molecule has 0 saturated carbocycles. The minimum atomic E-state index is -0.999. The molecule has 0 aromatic carbocycles. The number of nitrogens with two attached hydrogens (primary N) is 1. The van der Waals surface area contributed by atoms with E-state index in [0.717, 1.165) is 6.42 Å². The van der Waals surface area contributed by atoms with Gasteiger partial charge in [-0.1, -0.05) is 34.1 Å². The van der Waals surface area contributed by atoms with Crippen LogP contribution in [0.25, 0.3) is 0 Å². The van der Waals surface area contributed by atoms with E-state index in [2.05, 4.69) is 5.32 Å². The first-order valence-electron chi connectivity index (χ1n) is 8.29. The van der Waals surface area contributed by atoms with Crippen molar-refractivity contribution in [3.63, 3.8) is 0 Å². The summed E-state index contributed by atoms with van der Waals surface area (Å²) in [6.07, 6.45) is 1.88. The van der Waals surface area contributed by atoms with Crippen LogP contribution >= 0.6 is 0 Å². The Balaban J connectivity index is 2.84. The number of carboxylic acids is 1. The molecule has 1 saturated heterocycles. The number of nitrogens with zero attached hydrogens (tertiary/aromatic N) is 1. The molecule has 0 aliphatic carbocycles. The highest BCUT2D eigenvalue weighted by molar-refractivity contribution is 5.92. The zero-order valence-corrected chi connectivity index (χ0v) is 14.4. The molecule has 0 aromatic rings. The van der Waals surface area contributed by atoms with Crippen molar-refractivity contribution in [2.75, 3.05) is 6.54 Å². The van der Waals surface area contributed by atoms with Crippen LogP contribution in [0.15, 0.2) is 0 Å². The number of hydrogen-bond donors (Lipinski definition) is 3. The van der Waals surface area contributed by atoms with Crippen LogP contribution in [0.2, 0.25) is 0 Å². The number of carbonyl (C=O) groups is 3. The molecule has 1 heterocycles. The van der Waals surface area contributed by atoms with Gasteiger partial charge in [0.05, 0.1) is 6.04 Å². The van der Waals surface area contributed by atoms with E-state index >= 15 is 0 Å². The summed E-state index contributed by atoms with van der Waals surface area (Å²) < 4.78 is 0. The van der Waals surface area contributed by atoms with E-state index in [9.17, 15) is 19.5 Å². The molecule has 1 aliphatic heterocycles. The van der Waals surface area contributed by atoms with Gasteiger partial charge < -0.3 is 21.1 Å². The number of hydrogen-bond acceptors (Lipinski definition) is 4. The fraction of sp³-hybridized carbons (Fsp3) is 0.812. The Hall–Kier alpha value is -1.63. The molecule has 7 nitrogen and oxygen atoms in total. The van der Waals surface area contributed by atoms with Gasteiger partial charge in [0.1, 0.15) is 12.1 Å². The average Bonchev–Trinajstić information content (AvgIpc) is 2.99. The van der Waals surface area contributed by atoms with Crippen LogP contribution in [0.1, 0.15) is 47.0 Å². The lowest BCUT2D eigenvalue weighted by Crippen LogP contribution is -2.57. The predicted octanol–water partition coefficient (Wildman–Crippen LogP) is 0.576. The van der Waals surface area contributed by atoms with Gasteiger partial charge in [-0.05, 0) is 24.7 Å². The number of rotatable bonds is 7. The lowest BCUT2D eigenvalue weighted by atomic mass is 9.97. The van der Waals surface area contributed by atoms with Gasteiger partial charge in [-0.3, -0.25) is 9.59 Å². The SMILES string of the molecule is CCC(C)C(N)C(=O)NC(C(=O)N1CCCC1C(=O)O)C(C)C. The molecule has 4 atom stereocenters. The van der Waals surface area contributed by atoms with Gasteiger partial charge in [-0.15, -0.1) is 0 Å². The van der Waals surface area contributed by atoms with Crippen molar-refractivity contribution in [1.29, 1.82) is 0 Å². The number of amides is 2. The standard InChI is InChI=1S/C16H29N3O4/c1-5-10(4)12(17)14(20)18-13(9(2)3)15(21)19-8-6-7-11(19)16(22)23/h9-13H,5-8,17H2,1-4H3,(H,18,20)(H,22,23). The van der Waals surface area contributed by atoms with Gasteiger partial charge in [0.15, 0.2) is 0 Å². The van der Waals surface area contributed by atoms with Crippen molar-refractivity contribution in [2.45, 2.75) is 65.1 Å². The van der Waals surface area contributed by atoms with E-state index in [1.165, 1.54) is 4.90 Å². The van der Waals surface area contributed by atoms with Crippen LogP contribution in [0, 0.1) is 11.8 Å². The average molecular weight is 327 g/mol. The van der Waals surface area contributed by atoms with Crippen LogP contribution in [-0.4, -0.2) is 52.5 Å². The normalized spacial score (nSPS) is 21.8. The zero-order chi connectivity index (χ0) is 17.7. The van der Waals surface area contributed by atoms with Crippen molar-refractivity contribution in [1.82, 2.24) is 10.2 Å². The third-order valence-electron chi connectivity index (χ3n) is 4.61. The quantitative estimate of drug-likeness (QED) is 0.633. The second kappa shape index (κ2) is 8.29. The third-order valence-corrected chi connectivity index (χ3v) is 4.61. The minimum Gasteiger partial charge on any atom is -0.480 e. The highest BCUT2D eigenvalue weighted by Crippen LogP contribution is 2.20. The lowest BCUT2D eigenvalue weighted by molar-refractivity contribution is -0.150. The van der Waals surface area contributed by atoms with E-state index in [-0.39, 0.29) is 23.7 Å². The van der Waals surface area contributed by atoms with Gasteiger partial charge in [0.2, 0.25) is 11.8 Å². The summed E-state index contributed by atoms with van der Waals surface area (Å²) in [6, 6.07) is -2.23. The number of carbonyl (C=O) groups excluding carboxylic acids is 2. The highest BCUT2D eigenvalue weighted by Gasteiger charge is 2.39. The number of carboxylic acid groups (broad SMARTS) is 1. The summed E-state index contributed by atoms with van der Waals surface area (Å²) in [5.41, 5.74) is 5.92. The monoisotopic (exact) mass is 327 g/mol. The fourth-order valence-electron chi connectivity index (χ4n) is 2.74. The molecule has 0 spiro atoms. The van der Waals surface area contributed by atoms with Crippen LogP contribution in [0.5, 0.6) is 0 Å². The topological polar surface area (TPSA) is 113 Å². The maximum absolute atomic E-state index is 12.7. The number of likely N-dealkylation sites (tertiary alicyclic amines) is 1. The molecule has 1 aliphatic rings. The molecule has 1 rings (SSSR count). The molecule has 1 fully saturated rings. The van der Waals surface area contributed by atoms with Crippen molar-refractivity contribution in [3.05, 3.63) is 0 Å². The molecular formula is C16H29N3O4. The first kappa shape index (κ1) is 19.4. The van der Waals surface area contributed by atoms with Gasteiger partial charge in [-0.2, -0.15) is 0 Å². The lowest BCUT2D eigenvalue weighted by Gasteiger charge is -2.30. The Bertz CT molecular complexity index is 453. The van der Waals surface area contributed by atoms with E-state index in [1.54, 1.807) is 0 Å². The summed E-state index contributed by atoms with van der Waals surface area (Å²) >= 11 is 0. The largest absolute Gasteiger partial charge is 0.480 e. The molecule has 2 amide bonds. The van der Waals surface area contributed by atoms with E-state index in [0.29, 0.717) is 19.4 Å². The Morgan fingerprint density at radius 2 is 1.91 bits per heavy atom. The van der Waals surface area contributed by atoms with Crippen molar-refractivity contribution >= 4 is 17.8 Å². The second-order valence-electron chi connectivity index (χ2n) is 6.67. The molecular weight excluding hydrogens is 298 g/mol. The van der Waals surface area contributed by atoms with Gasteiger partial charge in [0.25, 0.3) is 0 Å². The Labute approximate surface area is 137 Å². The van der Waals surface area contributed by atoms with E-state index in [4.69, 9.17) is 5.73 Å². The van der Waals surface area contributed by atoms with Gasteiger partial charge in [0, 0.05) is 6.54 Å². The number of nitrogens with one attached hydrogen (secondary N) is 1. The van der Waals surface area contributed by atoms with Crippen molar-refractivity contribution < 1.29 is 19.5 Å². The first-order valence-corrected chi connectivity index (χ1v) is 8.29. The maximum atomic E-state index is 12.7. The summed E-state index contributed by atoms with van der Waals surface area (Å²) in [6.45, 7) is 7.89. The zero-order valence-electron chi connectivity index (χ0n) is 14.4. The van der Waals surface area contributed by atoms with Crippen LogP contribution in [-0.2, 0) is 14.4 Å². The summed E-state index contributed by atoms with van der Waals surface area (Å²) in [5.74, 6) is -1.84. The number of aliphatic carboxylic acids is 1. The Kier molecular flexibility index (Phi) is 7.00. The highest BCUT2D eigenvalue weighted by atomic mass is 16.4. The molecule has 4 unspecified atom stereocenters. The molecule has 0 aromatic heterocycles. The first-order chi connectivity index (χ1) is 10.7. The van der Waals surface area contributed by atoms with Crippen molar-refractivity contribution in [2.24, 2.45) is 17.6 Å². The smallest absolute Gasteiger partial charge is 0.326 e. The molecule has 0 radical (unpaired) electrons.